The third-order valence-electron chi connectivity index (χ3n) is 4.03. The van der Waals surface area contributed by atoms with Crippen LogP contribution in [0.25, 0.3) is 0 Å². The molecule has 1 aliphatic rings. The highest BCUT2D eigenvalue weighted by molar-refractivity contribution is 7.92. The van der Waals surface area contributed by atoms with Gasteiger partial charge in [-0.1, -0.05) is 18.2 Å². The maximum atomic E-state index is 13.7. The van der Waals surface area contributed by atoms with Crippen LogP contribution in [0.1, 0.15) is 26.3 Å². The van der Waals surface area contributed by atoms with Gasteiger partial charge >= 0.3 is 0 Å². The van der Waals surface area contributed by atoms with E-state index in [4.69, 9.17) is 0 Å². The number of hydrogen-bond acceptors (Lipinski definition) is 3. The van der Waals surface area contributed by atoms with Gasteiger partial charge in [0.1, 0.15) is 5.82 Å². The summed E-state index contributed by atoms with van der Waals surface area (Å²) in [4.78, 5) is 6.41. The highest BCUT2D eigenvalue weighted by Gasteiger charge is 2.40. The summed E-state index contributed by atoms with van der Waals surface area (Å²) in [5.74, 6) is 0.441. The first-order valence-electron chi connectivity index (χ1n) is 7.76. The number of aliphatic imine (C=N–C) groups is 1. The standard InChI is InChI=1S/C16H24FN3O2S/c1-4-18-15(19-11-13-7-5-6-8-14(13)17)20-9-10-23(21,22)16(2,3)12-20/h5-8H,4,9-12H2,1-3H3,(H,18,19). The second-order valence-electron chi connectivity index (χ2n) is 6.26. The van der Waals surface area contributed by atoms with Gasteiger partial charge in [-0.25, -0.2) is 17.8 Å². The van der Waals surface area contributed by atoms with E-state index in [1.165, 1.54) is 6.07 Å². The van der Waals surface area contributed by atoms with Crippen LogP contribution in [-0.4, -0.2) is 49.4 Å². The van der Waals surface area contributed by atoms with Crippen LogP contribution in [0.15, 0.2) is 29.3 Å². The van der Waals surface area contributed by atoms with Crippen LogP contribution >= 0.6 is 0 Å². The van der Waals surface area contributed by atoms with Crippen molar-refractivity contribution in [1.82, 2.24) is 10.2 Å². The highest BCUT2D eigenvalue weighted by Crippen LogP contribution is 2.23. The molecule has 128 valence electrons. The van der Waals surface area contributed by atoms with Gasteiger partial charge < -0.3 is 10.2 Å². The summed E-state index contributed by atoms with van der Waals surface area (Å²) in [6.45, 7) is 7.07. The maximum absolute atomic E-state index is 13.7. The molecule has 2 rings (SSSR count). The number of nitrogens with zero attached hydrogens (tertiary/aromatic N) is 2. The normalized spacial score (nSPS) is 20.3. The van der Waals surface area contributed by atoms with E-state index in [9.17, 15) is 12.8 Å². The van der Waals surface area contributed by atoms with Crippen molar-refractivity contribution in [1.29, 1.82) is 0 Å². The third-order valence-corrected chi connectivity index (χ3v) is 6.57. The number of rotatable bonds is 3. The minimum absolute atomic E-state index is 0.101. The molecule has 0 amide bonds. The Morgan fingerprint density at radius 3 is 2.70 bits per heavy atom. The zero-order valence-electron chi connectivity index (χ0n) is 13.8. The quantitative estimate of drug-likeness (QED) is 0.673. The SMILES string of the molecule is CCNC(=NCc1ccccc1F)N1CCS(=O)(=O)C(C)(C)C1. The van der Waals surface area contributed by atoms with Crippen LogP contribution < -0.4 is 5.32 Å². The smallest absolute Gasteiger partial charge is 0.194 e. The Morgan fingerprint density at radius 2 is 2.09 bits per heavy atom. The molecule has 0 unspecified atom stereocenters. The van der Waals surface area contributed by atoms with Crippen LogP contribution in [-0.2, 0) is 16.4 Å². The highest BCUT2D eigenvalue weighted by atomic mass is 32.2. The molecule has 0 bridgehead atoms. The second kappa shape index (κ2) is 6.86. The molecule has 1 fully saturated rings. The van der Waals surface area contributed by atoms with E-state index in [1.54, 1.807) is 32.0 Å². The molecule has 1 aromatic carbocycles. The van der Waals surface area contributed by atoms with Crippen molar-refractivity contribution in [3.63, 3.8) is 0 Å². The lowest BCUT2D eigenvalue weighted by atomic mass is 10.2. The summed E-state index contributed by atoms with van der Waals surface area (Å²) in [6.07, 6.45) is 0. The van der Waals surface area contributed by atoms with Crippen molar-refractivity contribution in [3.8, 4) is 0 Å². The molecule has 23 heavy (non-hydrogen) atoms. The van der Waals surface area contributed by atoms with E-state index in [-0.39, 0.29) is 18.1 Å². The van der Waals surface area contributed by atoms with Gasteiger partial charge in [0.25, 0.3) is 0 Å². The van der Waals surface area contributed by atoms with Crippen LogP contribution in [0.3, 0.4) is 0 Å². The first kappa shape index (κ1) is 17.7. The second-order valence-corrected chi connectivity index (χ2v) is 9.00. The Kier molecular flexibility index (Phi) is 5.29. The van der Waals surface area contributed by atoms with E-state index >= 15 is 0 Å². The van der Waals surface area contributed by atoms with E-state index in [1.807, 2.05) is 11.8 Å². The molecule has 0 aromatic heterocycles. The molecule has 0 spiro atoms. The largest absolute Gasteiger partial charge is 0.357 e. The van der Waals surface area contributed by atoms with Crippen molar-refractivity contribution >= 4 is 15.8 Å². The summed E-state index contributed by atoms with van der Waals surface area (Å²) in [7, 11) is -3.10. The molecule has 5 nitrogen and oxygen atoms in total. The molecule has 1 saturated heterocycles. The molecular weight excluding hydrogens is 317 g/mol. The topological polar surface area (TPSA) is 61.8 Å². The Morgan fingerprint density at radius 1 is 1.39 bits per heavy atom. The zero-order chi connectivity index (χ0) is 17.1. The number of benzene rings is 1. The van der Waals surface area contributed by atoms with Gasteiger partial charge in [-0.3, -0.25) is 0 Å². The Hall–Kier alpha value is -1.63. The maximum Gasteiger partial charge on any atom is 0.194 e. The fourth-order valence-electron chi connectivity index (χ4n) is 2.54. The van der Waals surface area contributed by atoms with E-state index in [0.717, 1.165) is 0 Å². The fraction of sp³-hybridized carbons (Fsp3) is 0.562. The van der Waals surface area contributed by atoms with Gasteiger partial charge in [0.05, 0.1) is 17.0 Å². The molecule has 0 atom stereocenters. The van der Waals surface area contributed by atoms with Gasteiger partial charge in [0.15, 0.2) is 15.8 Å². The molecule has 1 heterocycles. The first-order chi connectivity index (χ1) is 10.8. The molecule has 0 radical (unpaired) electrons. The predicted octanol–water partition coefficient (Wildman–Crippen LogP) is 1.80. The van der Waals surface area contributed by atoms with Gasteiger partial charge in [-0.2, -0.15) is 0 Å². The summed E-state index contributed by atoms with van der Waals surface area (Å²) in [5, 5.41) is 3.17. The van der Waals surface area contributed by atoms with Crippen LogP contribution in [0.4, 0.5) is 4.39 Å². The Bertz CT molecular complexity index is 686. The van der Waals surface area contributed by atoms with Crippen LogP contribution in [0, 0.1) is 5.82 Å². The van der Waals surface area contributed by atoms with Crippen molar-refractivity contribution < 1.29 is 12.8 Å². The van der Waals surface area contributed by atoms with Crippen LogP contribution in [0.2, 0.25) is 0 Å². The monoisotopic (exact) mass is 341 g/mol. The lowest BCUT2D eigenvalue weighted by molar-refractivity contribution is 0.353. The Labute approximate surface area is 137 Å². The number of hydrogen-bond donors (Lipinski definition) is 1. The van der Waals surface area contributed by atoms with E-state index in [0.29, 0.717) is 31.2 Å². The molecule has 1 aromatic rings. The van der Waals surface area contributed by atoms with Gasteiger partial charge in [0.2, 0.25) is 0 Å². The van der Waals surface area contributed by atoms with Crippen molar-refractivity contribution in [3.05, 3.63) is 35.6 Å². The molecule has 7 heteroatoms. The van der Waals surface area contributed by atoms with Gasteiger partial charge in [-0.05, 0) is 26.8 Å². The van der Waals surface area contributed by atoms with Gasteiger partial charge in [0, 0.05) is 25.2 Å². The minimum atomic E-state index is -3.10. The third kappa shape index (κ3) is 4.02. The zero-order valence-corrected chi connectivity index (χ0v) is 14.7. The average Bonchev–Trinajstić information content (AvgIpc) is 2.48. The molecule has 1 N–H and O–H groups in total. The molecule has 0 saturated carbocycles. The summed E-state index contributed by atoms with van der Waals surface area (Å²) in [5.41, 5.74) is 0.520. The fourth-order valence-corrected chi connectivity index (χ4v) is 3.90. The summed E-state index contributed by atoms with van der Waals surface area (Å²) >= 11 is 0. The molecule has 0 aliphatic carbocycles. The van der Waals surface area contributed by atoms with Crippen molar-refractivity contribution in [2.45, 2.75) is 32.1 Å². The van der Waals surface area contributed by atoms with Crippen molar-refractivity contribution in [2.24, 2.45) is 4.99 Å². The van der Waals surface area contributed by atoms with Gasteiger partial charge in [-0.15, -0.1) is 0 Å². The number of sulfone groups is 1. The average molecular weight is 341 g/mol. The van der Waals surface area contributed by atoms with E-state index in [2.05, 4.69) is 10.3 Å². The predicted molar refractivity (Wildman–Crippen MR) is 90.7 cm³/mol. The first-order valence-corrected chi connectivity index (χ1v) is 9.41. The number of nitrogens with one attached hydrogen (secondary N) is 1. The number of guanidine groups is 1. The Balaban J connectivity index is 2.19. The lowest BCUT2D eigenvalue weighted by Crippen LogP contribution is -2.57. The number of halogens is 1. The van der Waals surface area contributed by atoms with E-state index < -0.39 is 14.6 Å². The van der Waals surface area contributed by atoms with Crippen LogP contribution in [0.5, 0.6) is 0 Å². The molecule has 1 aliphatic heterocycles. The molecular formula is C16H24FN3O2S. The summed E-state index contributed by atoms with van der Waals surface area (Å²) in [6, 6.07) is 6.53. The van der Waals surface area contributed by atoms with Crippen molar-refractivity contribution in [2.75, 3.05) is 25.4 Å². The summed E-state index contributed by atoms with van der Waals surface area (Å²) < 4.78 is 37.1. The minimum Gasteiger partial charge on any atom is -0.357 e. The lowest BCUT2D eigenvalue weighted by Gasteiger charge is -2.39.